The molecular weight excluding hydrogens is 278 g/mol. The second-order valence-corrected chi connectivity index (χ2v) is 6.77. The molecule has 3 heterocycles. The Morgan fingerprint density at radius 2 is 2.09 bits per heavy atom. The van der Waals surface area contributed by atoms with Crippen molar-refractivity contribution >= 4 is 16.9 Å². The van der Waals surface area contributed by atoms with Gasteiger partial charge in [0.15, 0.2) is 5.82 Å². The Morgan fingerprint density at radius 3 is 2.91 bits per heavy atom. The number of fused-ring (bicyclic) bond motifs is 1. The van der Waals surface area contributed by atoms with E-state index in [-0.39, 0.29) is 6.10 Å². The van der Waals surface area contributed by atoms with Crippen molar-refractivity contribution in [2.75, 3.05) is 18.8 Å². The molecular formula is C16H23N5O. The van der Waals surface area contributed by atoms with Crippen LogP contribution in [0.5, 0.6) is 0 Å². The smallest absolute Gasteiger partial charge is 0.151 e. The first kappa shape index (κ1) is 14.0. The summed E-state index contributed by atoms with van der Waals surface area (Å²) in [5.41, 5.74) is 8.70. The number of hydrogen-bond acceptors (Lipinski definition) is 5. The van der Waals surface area contributed by atoms with Crippen LogP contribution in [0.2, 0.25) is 0 Å². The van der Waals surface area contributed by atoms with E-state index in [1.54, 1.807) is 0 Å². The fourth-order valence-corrected chi connectivity index (χ4v) is 4.25. The molecule has 4 rings (SSSR count). The van der Waals surface area contributed by atoms with Crippen LogP contribution >= 0.6 is 0 Å². The summed E-state index contributed by atoms with van der Waals surface area (Å²) >= 11 is 0. The quantitative estimate of drug-likeness (QED) is 0.799. The second-order valence-electron chi connectivity index (χ2n) is 6.77. The van der Waals surface area contributed by atoms with E-state index in [0.29, 0.717) is 17.7 Å². The van der Waals surface area contributed by atoms with Crippen LogP contribution in [-0.4, -0.2) is 44.2 Å². The number of nitrogen functional groups attached to an aromatic ring is 1. The lowest BCUT2D eigenvalue weighted by molar-refractivity contribution is 0.112. The van der Waals surface area contributed by atoms with Crippen molar-refractivity contribution in [2.24, 2.45) is 11.8 Å². The molecule has 6 nitrogen and oxygen atoms in total. The van der Waals surface area contributed by atoms with Crippen LogP contribution in [0.25, 0.3) is 11.0 Å². The van der Waals surface area contributed by atoms with Gasteiger partial charge in [-0.3, -0.25) is 4.90 Å². The summed E-state index contributed by atoms with van der Waals surface area (Å²) in [5, 5.41) is 10.4. The SMILES string of the molecule is Nc1ncnc2c(CN3C[C@H](C4CCCC4)[C@@H](O)C3)c[nH]c12. The maximum atomic E-state index is 10.4. The summed E-state index contributed by atoms with van der Waals surface area (Å²) in [6.07, 6.45) is 8.51. The van der Waals surface area contributed by atoms with Gasteiger partial charge in [-0.1, -0.05) is 25.7 Å². The van der Waals surface area contributed by atoms with E-state index in [0.717, 1.165) is 36.2 Å². The maximum absolute atomic E-state index is 10.4. The third-order valence-electron chi connectivity index (χ3n) is 5.38. The topological polar surface area (TPSA) is 91.1 Å². The van der Waals surface area contributed by atoms with E-state index in [9.17, 15) is 5.11 Å². The molecule has 2 aromatic rings. The summed E-state index contributed by atoms with van der Waals surface area (Å²) in [6, 6.07) is 0. The molecule has 0 spiro atoms. The molecule has 1 saturated heterocycles. The fourth-order valence-electron chi connectivity index (χ4n) is 4.25. The standard InChI is InChI=1S/C16H23N5O/c17-16-15-14(19-9-20-16)11(5-18-15)6-21-7-12(13(22)8-21)10-3-1-2-4-10/h5,9-10,12-13,18,22H,1-4,6-8H2,(H2,17,19,20)/t12-,13+/m1/s1. The number of aromatic nitrogens is 3. The predicted octanol–water partition coefficient (Wildman–Crippen LogP) is 1.52. The Bertz CT molecular complexity index is 664. The van der Waals surface area contributed by atoms with E-state index in [1.165, 1.54) is 32.0 Å². The number of nitrogens with one attached hydrogen (secondary N) is 1. The van der Waals surface area contributed by atoms with Gasteiger partial charge in [-0.2, -0.15) is 0 Å². The number of β-amino-alcohol motifs (C(OH)–C–C–N with tert-alkyl or cyclic N) is 1. The van der Waals surface area contributed by atoms with E-state index < -0.39 is 0 Å². The Morgan fingerprint density at radius 1 is 1.27 bits per heavy atom. The van der Waals surface area contributed by atoms with Gasteiger partial charge in [0.05, 0.1) is 11.6 Å². The average Bonchev–Trinajstić information content (AvgIpc) is 3.20. The number of rotatable bonds is 3. The second kappa shape index (κ2) is 5.52. The van der Waals surface area contributed by atoms with Crippen LogP contribution in [0, 0.1) is 11.8 Å². The number of aliphatic hydroxyl groups is 1. The molecule has 1 aliphatic carbocycles. The molecule has 118 valence electrons. The van der Waals surface area contributed by atoms with Gasteiger partial charge in [-0.05, 0) is 5.92 Å². The summed E-state index contributed by atoms with van der Waals surface area (Å²) in [7, 11) is 0. The van der Waals surface area contributed by atoms with Crippen LogP contribution < -0.4 is 5.73 Å². The lowest BCUT2D eigenvalue weighted by Crippen LogP contribution is -2.24. The van der Waals surface area contributed by atoms with Gasteiger partial charge in [0.25, 0.3) is 0 Å². The molecule has 22 heavy (non-hydrogen) atoms. The van der Waals surface area contributed by atoms with Crippen molar-refractivity contribution in [2.45, 2.75) is 38.3 Å². The van der Waals surface area contributed by atoms with Gasteiger partial charge in [-0.25, -0.2) is 9.97 Å². The molecule has 0 bridgehead atoms. The zero-order valence-corrected chi connectivity index (χ0v) is 12.7. The van der Waals surface area contributed by atoms with E-state index >= 15 is 0 Å². The lowest BCUT2D eigenvalue weighted by Gasteiger charge is -2.20. The number of likely N-dealkylation sites (tertiary alicyclic amines) is 1. The minimum atomic E-state index is -0.187. The minimum Gasteiger partial charge on any atom is -0.391 e. The molecule has 1 saturated carbocycles. The first-order valence-electron chi connectivity index (χ1n) is 8.19. The van der Waals surface area contributed by atoms with Crippen molar-refractivity contribution in [3.05, 3.63) is 18.1 Å². The maximum Gasteiger partial charge on any atom is 0.151 e. The molecule has 0 unspecified atom stereocenters. The zero-order chi connectivity index (χ0) is 15.1. The highest BCUT2D eigenvalue weighted by atomic mass is 16.3. The molecule has 2 fully saturated rings. The average molecular weight is 301 g/mol. The molecule has 1 aliphatic heterocycles. The third kappa shape index (κ3) is 2.36. The van der Waals surface area contributed by atoms with Crippen molar-refractivity contribution < 1.29 is 5.11 Å². The first-order chi connectivity index (χ1) is 10.7. The molecule has 2 aromatic heterocycles. The highest BCUT2D eigenvalue weighted by Gasteiger charge is 2.37. The molecule has 0 amide bonds. The van der Waals surface area contributed by atoms with Crippen LogP contribution in [-0.2, 0) is 6.54 Å². The van der Waals surface area contributed by atoms with Crippen LogP contribution in [0.3, 0.4) is 0 Å². The molecule has 0 aromatic carbocycles. The minimum absolute atomic E-state index is 0.187. The summed E-state index contributed by atoms with van der Waals surface area (Å²) in [5.74, 6) is 1.63. The number of nitrogens with two attached hydrogens (primary N) is 1. The van der Waals surface area contributed by atoms with E-state index in [1.807, 2.05) is 6.20 Å². The molecule has 0 radical (unpaired) electrons. The number of H-pyrrole nitrogens is 1. The van der Waals surface area contributed by atoms with Gasteiger partial charge in [0.1, 0.15) is 11.8 Å². The van der Waals surface area contributed by atoms with Gasteiger partial charge < -0.3 is 15.8 Å². The normalized spacial score (nSPS) is 27.1. The van der Waals surface area contributed by atoms with E-state index in [4.69, 9.17) is 5.73 Å². The number of aromatic amines is 1. The fraction of sp³-hybridized carbons (Fsp3) is 0.625. The Balaban J connectivity index is 1.50. The summed E-state index contributed by atoms with van der Waals surface area (Å²) in [6.45, 7) is 2.55. The molecule has 6 heteroatoms. The number of nitrogens with zero attached hydrogens (tertiary/aromatic N) is 3. The first-order valence-corrected chi connectivity index (χ1v) is 8.19. The zero-order valence-electron chi connectivity index (χ0n) is 12.7. The van der Waals surface area contributed by atoms with Gasteiger partial charge in [0, 0.05) is 37.3 Å². The number of aliphatic hydroxyl groups excluding tert-OH is 1. The third-order valence-corrected chi connectivity index (χ3v) is 5.38. The van der Waals surface area contributed by atoms with E-state index in [2.05, 4.69) is 19.9 Å². The number of hydrogen-bond donors (Lipinski definition) is 3. The highest BCUT2D eigenvalue weighted by Crippen LogP contribution is 2.37. The van der Waals surface area contributed by atoms with Crippen molar-refractivity contribution in [3.63, 3.8) is 0 Å². The van der Waals surface area contributed by atoms with Crippen molar-refractivity contribution in [1.82, 2.24) is 19.9 Å². The van der Waals surface area contributed by atoms with Gasteiger partial charge in [-0.15, -0.1) is 0 Å². The molecule has 2 aliphatic rings. The summed E-state index contributed by atoms with van der Waals surface area (Å²) in [4.78, 5) is 13.9. The van der Waals surface area contributed by atoms with Crippen LogP contribution in [0.15, 0.2) is 12.5 Å². The lowest BCUT2D eigenvalue weighted by atomic mass is 9.88. The van der Waals surface area contributed by atoms with Crippen molar-refractivity contribution in [3.8, 4) is 0 Å². The largest absolute Gasteiger partial charge is 0.391 e. The molecule has 4 N–H and O–H groups in total. The molecule has 2 atom stereocenters. The van der Waals surface area contributed by atoms with Crippen molar-refractivity contribution in [1.29, 1.82) is 0 Å². The van der Waals surface area contributed by atoms with Gasteiger partial charge >= 0.3 is 0 Å². The van der Waals surface area contributed by atoms with Crippen LogP contribution in [0.4, 0.5) is 5.82 Å². The van der Waals surface area contributed by atoms with Gasteiger partial charge in [0.2, 0.25) is 0 Å². The summed E-state index contributed by atoms with van der Waals surface area (Å²) < 4.78 is 0. The highest BCUT2D eigenvalue weighted by molar-refractivity contribution is 5.86. The monoisotopic (exact) mass is 301 g/mol. The predicted molar refractivity (Wildman–Crippen MR) is 85.0 cm³/mol. The number of anilines is 1. The Hall–Kier alpha value is -1.66. The Labute approximate surface area is 129 Å². The Kier molecular flexibility index (Phi) is 3.50. The van der Waals surface area contributed by atoms with Crippen LogP contribution in [0.1, 0.15) is 31.2 Å².